The van der Waals surface area contributed by atoms with Crippen LogP contribution in [0.5, 0.6) is 0 Å². The van der Waals surface area contributed by atoms with Gasteiger partial charge in [0.05, 0.1) is 16.1 Å². The third-order valence-electron chi connectivity index (χ3n) is 3.55. The van der Waals surface area contributed by atoms with Crippen molar-refractivity contribution in [3.63, 3.8) is 0 Å². The van der Waals surface area contributed by atoms with Gasteiger partial charge in [0.15, 0.2) is 5.76 Å². The normalized spacial score (nSPS) is 10.5. The monoisotopic (exact) mass is 358 g/mol. The molecule has 0 radical (unpaired) electrons. The Morgan fingerprint density at radius 2 is 1.84 bits per heavy atom. The molecule has 2 N–H and O–H groups in total. The van der Waals surface area contributed by atoms with Gasteiger partial charge in [0, 0.05) is 5.69 Å². The highest BCUT2D eigenvalue weighted by molar-refractivity contribution is 7.18. The van der Waals surface area contributed by atoms with Gasteiger partial charge < -0.3 is 15.1 Å². The first-order valence-electron chi connectivity index (χ1n) is 7.47. The summed E-state index contributed by atoms with van der Waals surface area (Å²) in [6.45, 7) is 3.55. The van der Waals surface area contributed by atoms with Crippen molar-refractivity contribution in [2.45, 2.75) is 13.8 Å². The molecule has 1 aromatic carbocycles. The van der Waals surface area contributed by atoms with E-state index in [0.717, 1.165) is 16.9 Å². The summed E-state index contributed by atoms with van der Waals surface area (Å²) in [4.78, 5) is 24.9. The predicted molar refractivity (Wildman–Crippen MR) is 94.8 cm³/mol. The molecule has 0 atom stereocenters. The number of carbonyl (C=O) groups excluding carboxylic acids is 2. The van der Waals surface area contributed by atoms with Crippen LogP contribution in [-0.2, 0) is 0 Å². The van der Waals surface area contributed by atoms with Gasteiger partial charge in [-0.3, -0.25) is 9.59 Å². The van der Waals surface area contributed by atoms with Crippen LogP contribution in [0.2, 0.25) is 0 Å². The van der Waals surface area contributed by atoms with Gasteiger partial charge in [0.25, 0.3) is 11.8 Å². The van der Waals surface area contributed by atoms with Crippen LogP contribution < -0.4 is 10.6 Å². The molecule has 2 heterocycles. The van der Waals surface area contributed by atoms with E-state index in [9.17, 15) is 14.0 Å². The summed E-state index contributed by atoms with van der Waals surface area (Å²) >= 11 is 1.14. The van der Waals surface area contributed by atoms with E-state index in [4.69, 9.17) is 4.42 Å². The van der Waals surface area contributed by atoms with E-state index in [1.54, 1.807) is 38.1 Å². The summed E-state index contributed by atoms with van der Waals surface area (Å²) < 4.78 is 18.4. The van der Waals surface area contributed by atoms with Crippen LogP contribution >= 0.6 is 11.3 Å². The Labute approximate surface area is 147 Å². The Morgan fingerprint density at radius 3 is 2.56 bits per heavy atom. The van der Waals surface area contributed by atoms with Crippen LogP contribution in [0, 0.1) is 19.7 Å². The molecule has 7 heteroatoms. The maximum Gasteiger partial charge on any atom is 0.291 e. The molecule has 25 heavy (non-hydrogen) atoms. The Bertz CT molecular complexity index is 932. The van der Waals surface area contributed by atoms with Crippen LogP contribution in [0.3, 0.4) is 0 Å². The van der Waals surface area contributed by atoms with Crippen molar-refractivity contribution >= 4 is 33.8 Å². The molecule has 0 spiro atoms. The van der Waals surface area contributed by atoms with Crippen LogP contribution in [-0.4, -0.2) is 11.8 Å². The Kier molecular flexibility index (Phi) is 4.67. The zero-order valence-corrected chi connectivity index (χ0v) is 14.4. The number of carbonyl (C=O) groups is 2. The lowest BCUT2D eigenvalue weighted by atomic mass is 10.2. The van der Waals surface area contributed by atoms with E-state index in [-0.39, 0.29) is 17.6 Å². The van der Waals surface area contributed by atoms with Crippen LogP contribution in [0.15, 0.2) is 47.1 Å². The van der Waals surface area contributed by atoms with Crippen LogP contribution in [0.25, 0.3) is 0 Å². The van der Waals surface area contributed by atoms with Crippen molar-refractivity contribution in [1.29, 1.82) is 0 Å². The Morgan fingerprint density at radius 1 is 1.04 bits per heavy atom. The molecule has 3 aromatic rings. The second kappa shape index (κ2) is 6.90. The highest BCUT2D eigenvalue weighted by Gasteiger charge is 2.17. The van der Waals surface area contributed by atoms with Crippen LogP contribution in [0.4, 0.5) is 15.1 Å². The highest BCUT2D eigenvalue weighted by atomic mass is 32.1. The largest absolute Gasteiger partial charge is 0.459 e. The summed E-state index contributed by atoms with van der Waals surface area (Å²) in [7, 11) is 0. The van der Waals surface area contributed by atoms with Crippen molar-refractivity contribution in [2.24, 2.45) is 0 Å². The molecule has 128 valence electrons. The lowest BCUT2D eigenvalue weighted by molar-refractivity contribution is 0.0995. The van der Waals surface area contributed by atoms with E-state index < -0.39 is 5.82 Å². The lowest BCUT2D eigenvalue weighted by Gasteiger charge is -2.08. The van der Waals surface area contributed by atoms with Gasteiger partial charge in [-0.2, -0.15) is 0 Å². The summed E-state index contributed by atoms with van der Waals surface area (Å²) in [5, 5.41) is 5.92. The van der Waals surface area contributed by atoms with E-state index in [0.29, 0.717) is 21.1 Å². The number of hydrogen-bond acceptors (Lipinski definition) is 4. The number of halogens is 1. The van der Waals surface area contributed by atoms with Gasteiger partial charge in [-0.1, -0.05) is 6.07 Å². The average molecular weight is 358 g/mol. The van der Waals surface area contributed by atoms with Gasteiger partial charge in [-0.25, -0.2) is 4.39 Å². The van der Waals surface area contributed by atoms with Crippen LogP contribution in [0.1, 0.15) is 31.4 Å². The molecule has 0 aliphatic rings. The van der Waals surface area contributed by atoms with E-state index in [2.05, 4.69) is 10.6 Å². The summed E-state index contributed by atoms with van der Waals surface area (Å²) in [5.41, 5.74) is 1.89. The summed E-state index contributed by atoms with van der Waals surface area (Å²) in [6, 6.07) is 9.09. The van der Waals surface area contributed by atoms with E-state index >= 15 is 0 Å². The number of anilines is 2. The van der Waals surface area contributed by atoms with Crippen molar-refractivity contribution in [1.82, 2.24) is 0 Å². The molecule has 3 rings (SSSR count). The molecule has 0 fully saturated rings. The SMILES string of the molecule is Cc1ccc(F)cc1NC(=O)c1sc(NC(=O)c2ccco2)cc1C. The maximum absolute atomic E-state index is 13.4. The van der Waals surface area contributed by atoms with Crippen molar-refractivity contribution in [2.75, 3.05) is 10.6 Å². The number of rotatable bonds is 4. The third kappa shape index (κ3) is 3.77. The van der Waals surface area contributed by atoms with Crippen molar-refractivity contribution in [3.05, 3.63) is 70.2 Å². The lowest BCUT2D eigenvalue weighted by Crippen LogP contribution is -2.12. The van der Waals surface area contributed by atoms with Crippen molar-refractivity contribution in [3.8, 4) is 0 Å². The highest BCUT2D eigenvalue weighted by Crippen LogP contribution is 2.28. The molecule has 0 saturated carbocycles. The summed E-state index contributed by atoms with van der Waals surface area (Å²) in [5.74, 6) is -0.975. The first-order chi connectivity index (χ1) is 11.9. The minimum atomic E-state index is -0.421. The minimum Gasteiger partial charge on any atom is -0.459 e. The number of nitrogens with one attached hydrogen (secondary N) is 2. The molecule has 2 amide bonds. The predicted octanol–water partition coefficient (Wildman–Crippen LogP) is 4.60. The van der Waals surface area contributed by atoms with Gasteiger partial charge in [0.2, 0.25) is 0 Å². The summed E-state index contributed by atoms with van der Waals surface area (Å²) in [6.07, 6.45) is 1.41. The molecular weight excluding hydrogens is 343 g/mol. The second-order valence-electron chi connectivity index (χ2n) is 5.47. The molecule has 0 aliphatic carbocycles. The standard InChI is InChI=1S/C18H15FN2O3S/c1-10-5-6-12(19)9-13(10)20-18(23)16-11(2)8-15(25-16)21-17(22)14-4-3-7-24-14/h3-9H,1-2H3,(H,20,23)(H,21,22). The zero-order chi connectivity index (χ0) is 18.0. The molecular formula is C18H15FN2O3S. The number of aryl methyl sites for hydroxylation is 2. The number of benzene rings is 1. The van der Waals surface area contributed by atoms with Crippen molar-refractivity contribution < 1.29 is 18.4 Å². The number of amides is 2. The van der Waals surface area contributed by atoms with E-state index in [1.807, 2.05) is 0 Å². The first kappa shape index (κ1) is 16.9. The quantitative estimate of drug-likeness (QED) is 0.716. The number of furan rings is 1. The number of thiophene rings is 1. The smallest absolute Gasteiger partial charge is 0.291 e. The second-order valence-corrected chi connectivity index (χ2v) is 6.52. The minimum absolute atomic E-state index is 0.187. The topological polar surface area (TPSA) is 71.3 Å². The van der Waals surface area contributed by atoms with Gasteiger partial charge in [-0.15, -0.1) is 11.3 Å². The molecule has 5 nitrogen and oxygen atoms in total. The Balaban J connectivity index is 1.76. The fourth-order valence-electron chi connectivity index (χ4n) is 2.26. The average Bonchev–Trinajstić information content (AvgIpc) is 3.20. The van der Waals surface area contributed by atoms with E-state index in [1.165, 1.54) is 18.4 Å². The van der Waals surface area contributed by atoms with Gasteiger partial charge >= 0.3 is 0 Å². The van der Waals surface area contributed by atoms with Gasteiger partial charge in [0.1, 0.15) is 5.82 Å². The maximum atomic E-state index is 13.4. The molecule has 0 bridgehead atoms. The fourth-order valence-corrected chi connectivity index (χ4v) is 3.22. The molecule has 0 saturated heterocycles. The molecule has 2 aromatic heterocycles. The third-order valence-corrected chi connectivity index (χ3v) is 4.70. The molecule has 0 aliphatic heterocycles. The zero-order valence-electron chi connectivity index (χ0n) is 13.6. The van der Waals surface area contributed by atoms with Gasteiger partial charge in [-0.05, 0) is 55.3 Å². The number of hydrogen-bond donors (Lipinski definition) is 2. The Hall–Kier alpha value is -2.93. The first-order valence-corrected chi connectivity index (χ1v) is 8.28. The fraction of sp³-hybridized carbons (Fsp3) is 0.111. The molecule has 0 unspecified atom stereocenters.